The van der Waals surface area contributed by atoms with Gasteiger partial charge in [-0.3, -0.25) is 9.59 Å². The van der Waals surface area contributed by atoms with Crippen LogP contribution in [0.25, 0.3) is 0 Å². The minimum atomic E-state index is -1.11. The molecule has 4 heteroatoms. The first-order chi connectivity index (χ1) is 11.1. The molecule has 1 unspecified atom stereocenters. The number of carboxylic acid groups (broad SMARTS) is 1. The van der Waals surface area contributed by atoms with E-state index >= 15 is 0 Å². The summed E-state index contributed by atoms with van der Waals surface area (Å²) in [6, 6.07) is 0. The second-order valence-corrected chi connectivity index (χ2v) is 6.44. The maximum Gasteiger partial charge on any atom is 0.317 e. The molecule has 23 heavy (non-hydrogen) atoms. The van der Waals surface area contributed by atoms with Gasteiger partial charge >= 0.3 is 11.9 Å². The number of hydrogen-bond acceptors (Lipinski definition) is 3. The van der Waals surface area contributed by atoms with Crippen molar-refractivity contribution in [3.8, 4) is 0 Å². The standard InChI is InChI=1S/C19H36O4/c1-3-5-7-9-11-13-15-17(14-12-10-8-6-4-2)23-19(22)16-18(20)21/h17H,3-16H2,1-2H3,(H,20,21). The summed E-state index contributed by atoms with van der Waals surface area (Å²) in [5, 5.41) is 8.67. The Labute approximate surface area is 142 Å². The molecule has 0 aliphatic heterocycles. The minimum Gasteiger partial charge on any atom is -0.481 e. The van der Waals surface area contributed by atoms with Crippen molar-refractivity contribution in [3.05, 3.63) is 0 Å². The van der Waals surface area contributed by atoms with E-state index in [0.717, 1.165) is 32.1 Å². The smallest absolute Gasteiger partial charge is 0.317 e. The third kappa shape index (κ3) is 15.6. The van der Waals surface area contributed by atoms with E-state index in [1.54, 1.807) is 0 Å². The average molecular weight is 328 g/mol. The zero-order valence-electron chi connectivity index (χ0n) is 15.1. The summed E-state index contributed by atoms with van der Waals surface area (Å²) in [6.07, 6.45) is 14.3. The Balaban J connectivity index is 4.00. The molecular formula is C19H36O4. The van der Waals surface area contributed by atoms with E-state index < -0.39 is 18.4 Å². The van der Waals surface area contributed by atoms with E-state index in [0.29, 0.717) is 0 Å². The van der Waals surface area contributed by atoms with Crippen molar-refractivity contribution in [2.75, 3.05) is 0 Å². The maximum atomic E-state index is 11.6. The zero-order valence-corrected chi connectivity index (χ0v) is 15.1. The molecule has 0 aromatic heterocycles. The molecule has 0 radical (unpaired) electrons. The summed E-state index contributed by atoms with van der Waals surface area (Å²) >= 11 is 0. The zero-order chi connectivity index (χ0) is 17.3. The molecule has 0 rings (SSSR count). The highest BCUT2D eigenvalue weighted by molar-refractivity contribution is 5.90. The molecule has 136 valence electrons. The lowest BCUT2D eigenvalue weighted by molar-refractivity contribution is -0.155. The van der Waals surface area contributed by atoms with E-state index in [1.807, 2.05) is 0 Å². The van der Waals surface area contributed by atoms with Crippen LogP contribution in [-0.2, 0) is 14.3 Å². The number of unbranched alkanes of at least 4 members (excludes halogenated alkanes) is 9. The SMILES string of the molecule is CCCCCCCCC(CCCCCCC)OC(=O)CC(=O)O. The molecule has 0 amide bonds. The number of carboxylic acids is 1. The van der Waals surface area contributed by atoms with Crippen molar-refractivity contribution in [3.63, 3.8) is 0 Å². The summed E-state index contributed by atoms with van der Waals surface area (Å²) in [5.74, 6) is -1.71. The van der Waals surface area contributed by atoms with Crippen LogP contribution in [-0.4, -0.2) is 23.1 Å². The highest BCUT2D eigenvalue weighted by Gasteiger charge is 2.16. The van der Waals surface area contributed by atoms with Gasteiger partial charge in [0.25, 0.3) is 0 Å². The highest BCUT2D eigenvalue weighted by Crippen LogP contribution is 2.17. The monoisotopic (exact) mass is 328 g/mol. The second-order valence-electron chi connectivity index (χ2n) is 6.44. The molecule has 1 atom stereocenters. The minimum absolute atomic E-state index is 0.102. The third-order valence-corrected chi connectivity index (χ3v) is 4.10. The van der Waals surface area contributed by atoms with E-state index in [4.69, 9.17) is 9.84 Å². The van der Waals surface area contributed by atoms with E-state index in [-0.39, 0.29) is 6.10 Å². The van der Waals surface area contributed by atoms with Crippen LogP contribution < -0.4 is 0 Å². The molecule has 0 fully saturated rings. The van der Waals surface area contributed by atoms with Gasteiger partial charge in [0.1, 0.15) is 12.5 Å². The Morgan fingerprint density at radius 2 is 1.22 bits per heavy atom. The normalized spacial score (nSPS) is 12.1. The summed E-state index contributed by atoms with van der Waals surface area (Å²) in [4.78, 5) is 22.2. The number of esters is 1. The van der Waals surface area contributed by atoms with Gasteiger partial charge in [0.15, 0.2) is 0 Å². The number of ether oxygens (including phenoxy) is 1. The molecular weight excluding hydrogens is 292 g/mol. The Morgan fingerprint density at radius 3 is 1.65 bits per heavy atom. The van der Waals surface area contributed by atoms with Gasteiger partial charge in [-0.15, -0.1) is 0 Å². The molecule has 0 bridgehead atoms. The largest absolute Gasteiger partial charge is 0.481 e. The average Bonchev–Trinajstić information content (AvgIpc) is 2.49. The Morgan fingerprint density at radius 1 is 0.783 bits per heavy atom. The first-order valence-electron chi connectivity index (χ1n) is 9.51. The van der Waals surface area contributed by atoms with E-state index in [9.17, 15) is 9.59 Å². The van der Waals surface area contributed by atoms with Gasteiger partial charge in [-0.05, 0) is 25.7 Å². The lowest BCUT2D eigenvalue weighted by Crippen LogP contribution is -2.20. The van der Waals surface area contributed by atoms with Gasteiger partial charge in [0, 0.05) is 0 Å². The summed E-state index contributed by atoms with van der Waals surface area (Å²) in [7, 11) is 0. The number of rotatable bonds is 16. The topological polar surface area (TPSA) is 63.6 Å². The Bertz CT molecular complexity index is 302. The lowest BCUT2D eigenvalue weighted by atomic mass is 10.0. The molecule has 0 aliphatic carbocycles. The van der Waals surface area contributed by atoms with E-state index in [1.165, 1.54) is 51.4 Å². The van der Waals surface area contributed by atoms with Crippen molar-refractivity contribution in [2.45, 2.75) is 110 Å². The van der Waals surface area contributed by atoms with Crippen molar-refractivity contribution in [1.82, 2.24) is 0 Å². The molecule has 0 saturated carbocycles. The van der Waals surface area contributed by atoms with Crippen LogP contribution in [0, 0.1) is 0 Å². The van der Waals surface area contributed by atoms with Gasteiger partial charge in [0.05, 0.1) is 0 Å². The van der Waals surface area contributed by atoms with Gasteiger partial charge in [0.2, 0.25) is 0 Å². The lowest BCUT2D eigenvalue weighted by Gasteiger charge is -2.17. The van der Waals surface area contributed by atoms with Crippen molar-refractivity contribution in [2.24, 2.45) is 0 Å². The molecule has 0 spiro atoms. The third-order valence-electron chi connectivity index (χ3n) is 4.10. The molecule has 0 saturated heterocycles. The predicted octanol–water partition coefficient (Wildman–Crippen LogP) is 5.48. The van der Waals surface area contributed by atoms with Crippen LogP contribution in [0.2, 0.25) is 0 Å². The fourth-order valence-electron chi connectivity index (χ4n) is 2.74. The van der Waals surface area contributed by atoms with Crippen LogP contribution in [0.15, 0.2) is 0 Å². The van der Waals surface area contributed by atoms with E-state index in [2.05, 4.69) is 13.8 Å². The molecule has 0 aliphatic rings. The van der Waals surface area contributed by atoms with Gasteiger partial charge in [-0.2, -0.15) is 0 Å². The number of aliphatic carboxylic acids is 1. The van der Waals surface area contributed by atoms with Gasteiger partial charge < -0.3 is 9.84 Å². The molecule has 1 N–H and O–H groups in total. The van der Waals surface area contributed by atoms with Gasteiger partial charge in [-0.25, -0.2) is 0 Å². The van der Waals surface area contributed by atoms with Crippen molar-refractivity contribution in [1.29, 1.82) is 0 Å². The first kappa shape index (κ1) is 21.9. The first-order valence-corrected chi connectivity index (χ1v) is 9.51. The fourth-order valence-corrected chi connectivity index (χ4v) is 2.74. The van der Waals surface area contributed by atoms with Crippen LogP contribution in [0.1, 0.15) is 104 Å². The molecule has 0 heterocycles. The fraction of sp³-hybridized carbons (Fsp3) is 0.895. The van der Waals surface area contributed by atoms with Crippen molar-refractivity contribution >= 4 is 11.9 Å². The number of carbonyl (C=O) groups is 2. The Hall–Kier alpha value is -1.06. The van der Waals surface area contributed by atoms with Crippen LogP contribution >= 0.6 is 0 Å². The molecule has 0 aromatic carbocycles. The second kappa shape index (κ2) is 15.8. The van der Waals surface area contributed by atoms with Crippen molar-refractivity contribution < 1.29 is 19.4 Å². The van der Waals surface area contributed by atoms with Crippen LogP contribution in [0.5, 0.6) is 0 Å². The molecule has 0 aromatic rings. The maximum absolute atomic E-state index is 11.6. The number of carbonyl (C=O) groups excluding carboxylic acids is 1. The van der Waals surface area contributed by atoms with Crippen LogP contribution in [0.3, 0.4) is 0 Å². The van der Waals surface area contributed by atoms with Gasteiger partial charge in [-0.1, -0.05) is 71.6 Å². The Kier molecular flexibility index (Phi) is 15.1. The summed E-state index contributed by atoms with van der Waals surface area (Å²) < 4.78 is 5.38. The van der Waals surface area contributed by atoms with Crippen LogP contribution in [0.4, 0.5) is 0 Å². The highest BCUT2D eigenvalue weighted by atomic mass is 16.5. The summed E-state index contributed by atoms with van der Waals surface area (Å²) in [6.45, 7) is 4.39. The summed E-state index contributed by atoms with van der Waals surface area (Å²) in [5.41, 5.74) is 0. The number of hydrogen-bond donors (Lipinski definition) is 1. The predicted molar refractivity (Wildman–Crippen MR) is 93.5 cm³/mol. The molecule has 4 nitrogen and oxygen atoms in total. The quantitative estimate of drug-likeness (QED) is 0.231.